The summed E-state index contributed by atoms with van der Waals surface area (Å²) >= 11 is 1.21. The molecule has 0 saturated carbocycles. The molecule has 0 unspecified atom stereocenters. The summed E-state index contributed by atoms with van der Waals surface area (Å²) in [6.07, 6.45) is 0.548. The second kappa shape index (κ2) is 10.7. The van der Waals surface area contributed by atoms with Gasteiger partial charge < -0.3 is 19.7 Å². The van der Waals surface area contributed by atoms with E-state index >= 15 is 0 Å². The van der Waals surface area contributed by atoms with Gasteiger partial charge >= 0.3 is 12.0 Å². The van der Waals surface area contributed by atoms with Crippen molar-refractivity contribution >= 4 is 29.0 Å². The summed E-state index contributed by atoms with van der Waals surface area (Å²) in [6.45, 7) is 2.79. The zero-order valence-corrected chi connectivity index (χ0v) is 16.4. The number of carbonyl (C=O) groups excluding carboxylic acids is 2. The van der Waals surface area contributed by atoms with Crippen LogP contribution in [0.3, 0.4) is 0 Å². The summed E-state index contributed by atoms with van der Waals surface area (Å²) in [6, 6.07) is 2.32. The molecular formula is C18H21F2N3O4S. The summed E-state index contributed by atoms with van der Waals surface area (Å²) in [7, 11) is 1.55. The highest BCUT2D eigenvalue weighted by atomic mass is 32.1. The van der Waals surface area contributed by atoms with Gasteiger partial charge in [0.05, 0.1) is 18.8 Å². The molecule has 0 saturated heterocycles. The van der Waals surface area contributed by atoms with Crippen molar-refractivity contribution in [3.05, 3.63) is 45.9 Å². The summed E-state index contributed by atoms with van der Waals surface area (Å²) < 4.78 is 36.8. The van der Waals surface area contributed by atoms with Crippen molar-refractivity contribution in [2.75, 3.05) is 32.2 Å². The monoisotopic (exact) mass is 413 g/mol. The summed E-state index contributed by atoms with van der Waals surface area (Å²) in [4.78, 5) is 29.9. The minimum Gasteiger partial charge on any atom is -0.461 e. The molecular weight excluding hydrogens is 392 g/mol. The van der Waals surface area contributed by atoms with Crippen LogP contribution in [0.25, 0.3) is 0 Å². The fourth-order valence-corrected chi connectivity index (χ4v) is 3.06. The third kappa shape index (κ3) is 6.24. The smallest absolute Gasteiger partial charge is 0.357 e. The van der Waals surface area contributed by atoms with Crippen LogP contribution < -0.4 is 5.32 Å². The number of amides is 2. The number of ether oxygens (including phenoxy) is 2. The molecule has 0 aliphatic rings. The molecule has 2 amide bonds. The molecule has 2 rings (SSSR count). The molecule has 28 heavy (non-hydrogen) atoms. The normalized spacial score (nSPS) is 10.6. The first-order valence-electron chi connectivity index (χ1n) is 8.56. The van der Waals surface area contributed by atoms with Gasteiger partial charge in [-0.3, -0.25) is 0 Å². The predicted molar refractivity (Wildman–Crippen MR) is 100 cm³/mol. The number of thiazole rings is 1. The van der Waals surface area contributed by atoms with Gasteiger partial charge in [-0.2, -0.15) is 0 Å². The number of esters is 1. The number of urea groups is 1. The Bertz CT molecular complexity index is 816. The lowest BCUT2D eigenvalue weighted by molar-refractivity contribution is 0.0520. The van der Waals surface area contributed by atoms with Crippen LogP contribution in [0.2, 0.25) is 0 Å². The first-order chi connectivity index (χ1) is 13.4. The molecule has 0 aliphatic carbocycles. The number of carbonyl (C=O) groups is 2. The SMILES string of the molecule is CCOC(=O)c1csc(CN(CCCOC)C(=O)Nc2ccc(F)cc2F)n1. The molecule has 1 aromatic carbocycles. The van der Waals surface area contributed by atoms with Crippen molar-refractivity contribution in [1.29, 1.82) is 0 Å². The topological polar surface area (TPSA) is 80.8 Å². The van der Waals surface area contributed by atoms with Crippen molar-refractivity contribution < 1.29 is 27.8 Å². The average molecular weight is 413 g/mol. The number of nitrogens with one attached hydrogen (secondary N) is 1. The number of rotatable bonds is 9. The Morgan fingerprint density at radius 3 is 2.79 bits per heavy atom. The molecule has 152 valence electrons. The molecule has 7 nitrogen and oxygen atoms in total. The first kappa shape index (κ1) is 21.7. The first-order valence-corrected chi connectivity index (χ1v) is 9.44. The molecule has 1 aromatic heterocycles. The van der Waals surface area contributed by atoms with Crippen LogP contribution in [0.5, 0.6) is 0 Å². The highest BCUT2D eigenvalue weighted by molar-refractivity contribution is 7.09. The minimum atomic E-state index is -0.871. The van der Waals surface area contributed by atoms with Gasteiger partial charge in [0, 0.05) is 31.7 Å². The van der Waals surface area contributed by atoms with Crippen LogP contribution in [0.15, 0.2) is 23.6 Å². The van der Waals surface area contributed by atoms with Gasteiger partial charge in [-0.05, 0) is 25.5 Å². The zero-order valence-electron chi connectivity index (χ0n) is 15.5. The van der Waals surface area contributed by atoms with Crippen LogP contribution in [0.4, 0.5) is 19.3 Å². The molecule has 2 aromatic rings. The average Bonchev–Trinajstić information content (AvgIpc) is 3.12. The van der Waals surface area contributed by atoms with Gasteiger partial charge in [-0.25, -0.2) is 23.4 Å². The van der Waals surface area contributed by atoms with Gasteiger partial charge in [0.25, 0.3) is 0 Å². The number of benzene rings is 1. The van der Waals surface area contributed by atoms with E-state index in [1.807, 2.05) is 0 Å². The van der Waals surface area contributed by atoms with Crippen molar-refractivity contribution in [2.45, 2.75) is 19.9 Å². The van der Waals surface area contributed by atoms with E-state index in [0.717, 1.165) is 12.1 Å². The Hall–Kier alpha value is -2.59. The van der Waals surface area contributed by atoms with E-state index < -0.39 is 23.6 Å². The van der Waals surface area contributed by atoms with Gasteiger partial charge in [0.1, 0.15) is 16.6 Å². The van der Waals surface area contributed by atoms with E-state index in [-0.39, 0.29) is 24.5 Å². The number of halogens is 2. The van der Waals surface area contributed by atoms with Gasteiger partial charge in [-0.15, -0.1) is 11.3 Å². The highest BCUT2D eigenvalue weighted by Crippen LogP contribution is 2.18. The number of methoxy groups -OCH3 is 1. The molecule has 0 bridgehead atoms. The maximum atomic E-state index is 13.8. The lowest BCUT2D eigenvalue weighted by Crippen LogP contribution is -2.36. The number of hydrogen-bond acceptors (Lipinski definition) is 6. The van der Waals surface area contributed by atoms with Gasteiger partial charge in [0.2, 0.25) is 0 Å². The number of nitrogens with zero attached hydrogens (tertiary/aromatic N) is 2. The maximum Gasteiger partial charge on any atom is 0.357 e. The van der Waals surface area contributed by atoms with Crippen molar-refractivity contribution in [3.8, 4) is 0 Å². The number of hydrogen-bond donors (Lipinski definition) is 1. The van der Waals surface area contributed by atoms with Gasteiger partial charge in [0.15, 0.2) is 5.69 Å². The molecule has 1 heterocycles. The molecule has 0 aliphatic heterocycles. The molecule has 10 heteroatoms. The lowest BCUT2D eigenvalue weighted by Gasteiger charge is -2.22. The Morgan fingerprint density at radius 2 is 2.11 bits per heavy atom. The number of aromatic nitrogens is 1. The Balaban J connectivity index is 2.10. The molecule has 1 N–H and O–H groups in total. The van der Waals surface area contributed by atoms with Gasteiger partial charge in [-0.1, -0.05) is 0 Å². The maximum absolute atomic E-state index is 13.8. The van der Waals surface area contributed by atoms with E-state index in [2.05, 4.69) is 10.3 Å². The Morgan fingerprint density at radius 1 is 1.32 bits per heavy atom. The predicted octanol–water partition coefficient (Wildman–Crippen LogP) is 3.67. The Labute approximate surface area is 165 Å². The van der Waals surface area contributed by atoms with E-state index in [4.69, 9.17) is 9.47 Å². The van der Waals surface area contributed by atoms with E-state index in [1.54, 1.807) is 19.4 Å². The third-order valence-electron chi connectivity index (χ3n) is 3.60. The van der Waals surface area contributed by atoms with Crippen LogP contribution in [0.1, 0.15) is 28.8 Å². The van der Waals surface area contributed by atoms with E-state index in [1.165, 1.54) is 16.2 Å². The second-order valence-electron chi connectivity index (χ2n) is 5.67. The quantitative estimate of drug-likeness (QED) is 0.501. The molecule has 0 spiro atoms. The molecule has 0 fully saturated rings. The fourth-order valence-electron chi connectivity index (χ4n) is 2.28. The van der Waals surface area contributed by atoms with Crippen molar-refractivity contribution in [3.63, 3.8) is 0 Å². The summed E-state index contributed by atoms with van der Waals surface area (Å²) in [5, 5.41) is 4.50. The third-order valence-corrected chi connectivity index (χ3v) is 4.43. The highest BCUT2D eigenvalue weighted by Gasteiger charge is 2.19. The van der Waals surface area contributed by atoms with E-state index in [9.17, 15) is 18.4 Å². The largest absolute Gasteiger partial charge is 0.461 e. The fraction of sp³-hybridized carbons (Fsp3) is 0.389. The minimum absolute atomic E-state index is 0.114. The summed E-state index contributed by atoms with van der Waals surface area (Å²) in [5.74, 6) is -2.14. The van der Waals surface area contributed by atoms with Crippen LogP contribution in [0, 0.1) is 11.6 Å². The molecule has 0 radical (unpaired) electrons. The molecule has 0 atom stereocenters. The number of anilines is 1. The van der Waals surface area contributed by atoms with Crippen LogP contribution in [-0.4, -0.2) is 48.8 Å². The van der Waals surface area contributed by atoms with Crippen LogP contribution in [-0.2, 0) is 16.0 Å². The van der Waals surface area contributed by atoms with Crippen LogP contribution >= 0.6 is 11.3 Å². The lowest BCUT2D eigenvalue weighted by atomic mass is 10.3. The van der Waals surface area contributed by atoms with E-state index in [0.29, 0.717) is 30.6 Å². The van der Waals surface area contributed by atoms with Crippen molar-refractivity contribution in [2.24, 2.45) is 0 Å². The zero-order chi connectivity index (χ0) is 20.5. The standard InChI is InChI=1S/C18H21F2N3O4S/c1-3-27-17(24)15-11-28-16(21-15)10-23(7-4-8-26-2)18(25)22-14-6-5-12(19)9-13(14)20/h5-6,9,11H,3-4,7-8,10H2,1-2H3,(H,22,25). The van der Waals surface area contributed by atoms with Crippen molar-refractivity contribution in [1.82, 2.24) is 9.88 Å². The Kier molecular flexibility index (Phi) is 8.27. The second-order valence-corrected chi connectivity index (χ2v) is 6.61. The summed E-state index contributed by atoms with van der Waals surface area (Å²) in [5.41, 5.74) is 0.0400.